The lowest BCUT2D eigenvalue weighted by Crippen LogP contribution is -2.27. The number of hydrazone groups is 2. The fourth-order valence-corrected chi connectivity index (χ4v) is 9.40. The average Bonchev–Trinajstić information content (AvgIpc) is 3.28. The highest BCUT2D eigenvalue weighted by Crippen LogP contribution is 2.34. The summed E-state index contributed by atoms with van der Waals surface area (Å²) in [6.07, 6.45) is 3.76. The van der Waals surface area contributed by atoms with Crippen LogP contribution in [0.2, 0.25) is 0 Å². The largest absolute Gasteiger partial charge is 0.506 e. The SMILES string of the molecule is CS(=O)(=O)c1ccc(O)c(NN=C2C(=O)c3ccc(Nc4nc(Nc5ccccc5)nc(Nc5ccc6c(c5)C=C(S(=O)(=O)O)C(=NNc5cc(S(C)(=O)=O)ccc5O)C6=O)n4)cc3C=C2S(=O)(=O)O)c1. The fraction of sp³-hybridized carbons (Fsp3) is 0.0465. The summed E-state index contributed by atoms with van der Waals surface area (Å²) in [6.45, 7) is 0. The normalized spacial score (nSPS) is 15.0. The highest BCUT2D eigenvalue weighted by atomic mass is 32.2. The van der Waals surface area contributed by atoms with E-state index in [1.54, 1.807) is 30.3 Å². The summed E-state index contributed by atoms with van der Waals surface area (Å²) in [5.74, 6) is -3.21. The van der Waals surface area contributed by atoms with Gasteiger partial charge in [-0.2, -0.15) is 42.0 Å². The zero-order valence-corrected chi connectivity index (χ0v) is 39.5. The molecular weight excluding hydrogens is 1010 g/mol. The van der Waals surface area contributed by atoms with Gasteiger partial charge in [-0.1, -0.05) is 18.2 Å². The standard InChI is InChI=1S/C43H34N10O14S4/c1-68(58,59)27-10-14-33(54)31(20-27)50-52-37-35(70(62,63)64)18-22-16-25(8-12-29(22)39(37)56)45-42-47-41(44-24-6-4-3-5-7-24)48-43(49-42)46-26-9-13-30-23(17-26)19-36(71(65,66)67)38(40(30)57)53-51-32-21-28(69(2,60)61)11-15-34(32)55/h3-21,50-51,54-55H,1-2H3,(H,62,63,64)(H,65,66,67)(H3,44,45,46,47,48,49). The first-order valence-corrected chi connectivity index (χ1v) is 26.6. The van der Waals surface area contributed by atoms with E-state index in [0.717, 1.165) is 61.1 Å². The molecule has 2 aliphatic carbocycles. The van der Waals surface area contributed by atoms with Crippen LogP contribution in [0.15, 0.2) is 133 Å². The highest BCUT2D eigenvalue weighted by Gasteiger charge is 2.35. The van der Waals surface area contributed by atoms with E-state index in [9.17, 15) is 62.6 Å². The summed E-state index contributed by atoms with van der Waals surface area (Å²) >= 11 is 0. The Morgan fingerprint density at radius 2 is 0.859 bits per heavy atom. The van der Waals surface area contributed by atoms with Gasteiger partial charge in [0.1, 0.15) is 21.3 Å². The molecule has 8 rings (SSSR count). The van der Waals surface area contributed by atoms with Gasteiger partial charge in [-0.15, -0.1) is 0 Å². The Morgan fingerprint density at radius 1 is 0.479 bits per heavy atom. The Hall–Kier alpha value is -8.41. The van der Waals surface area contributed by atoms with Gasteiger partial charge in [-0.05, 0) is 108 Å². The number of aromatic nitrogens is 3. The number of anilines is 8. The van der Waals surface area contributed by atoms with Crippen molar-refractivity contribution in [2.45, 2.75) is 9.79 Å². The van der Waals surface area contributed by atoms with Crippen LogP contribution in [0.3, 0.4) is 0 Å². The first-order chi connectivity index (χ1) is 33.3. The van der Waals surface area contributed by atoms with Crippen molar-refractivity contribution in [2.75, 3.05) is 39.3 Å². The average molecular weight is 1040 g/mol. The van der Waals surface area contributed by atoms with Crippen LogP contribution in [-0.4, -0.2) is 103 Å². The third kappa shape index (κ3) is 10.9. The number of allylic oxidation sites excluding steroid dienone is 2. The van der Waals surface area contributed by atoms with Crippen molar-refractivity contribution < 1.29 is 62.6 Å². The number of carbonyl (C=O) groups excluding carboxylic acids is 2. The first-order valence-electron chi connectivity index (χ1n) is 19.9. The number of nitrogens with one attached hydrogen (secondary N) is 5. The molecule has 71 heavy (non-hydrogen) atoms. The van der Waals surface area contributed by atoms with E-state index in [0.29, 0.717) is 5.69 Å². The molecule has 1 heterocycles. The minimum Gasteiger partial charge on any atom is -0.506 e. The lowest BCUT2D eigenvalue weighted by molar-refractivity contribution is 0.105. The molecule has 0 radical (unpaired) electrons. The minimum absolute atomic E-state index is 0.00672. The van der Waals surface area contributed by atoms with Gasteiger partial charge in [0, 0.05) is 40.7 Å². The van der Waals surface area contributed by atoms with Crippen molar-refractivity contribution in [3.63, 3.8) is 0 Å². The van der Waals surface area contributed by atoms with Crippen LogP contribution in [0.4, 0.5) is 46.3 Å². The lowest BCUT2D eigenvalue weighted by Gasteiger charge is -2.18. The van der Waals surface area contributed by atoms with E-state index in [1.165, 1.54) is 36.4 Å². The molecule has 0 spiro atoms. The topological polar surface area (TPSA) is 375 Å². The van der Waals surface area contributed by atoms with Gasteiger partial charge in [-0.3, -0.25) is 29.5 Å². The molecule has 24 nitrogen and oxygen atoms in total. The van der Waals surface area contributed by atoms with Gasteiger partial charge in [0.05, 0.1) is 21.2 Å². The number of nitrogens with zero attached hydrogens (tertiary/aromatic N) is 5. The maximum atomic E-state index is 13.7. The van der Waals surface area contributed by atoms with E-state index in [1.807, 2.05) is 0 Å². The number of sulfone groups is 2. The number of phenolic OH excluding ortho intramolecular Hbond substituents is 2. The van der Waals surface area contributed by atoms with E-state index in [4.69, 9.17) is 0 Å². The number of carbonyl (C=O) groups is 2. The molecule has 0 saturated carbocycles. The molecular formula is C43H34N10O14S4. The van der Waals surface area contributed by atoms with Gasteiger partial charge in [-0.25, -0.2) is 16.8 Å². The number of benzene rings is 5. The monoisotopic (exact) mass is 1040 g/mol. The Morgan fingerprint density at radius 3 is 1.23 bits per heavy atom. The minimum atomic E-state index is -5.14. The van der Waals surface area contributed by atoms with Crippen LogP contribution in [0, 0.1) is 0 Å². The number of fused-ring (bicyclic) bond motifs is 2. The number of ketones is 2. The molecule has 28 heteroatoms. The second kappa shape index (κ2) is 18.5. The third-order valence-electron chi connectivity index (χ3n) is 10.2. The van der Waals surface area contributed by atoms with Crippen LogP contribution in [-0.2, 0) is 39.9 Å². The van der Waals surface area contributed by atoms with Crippen LogP contribution >= 0.6 is 0 Å². The van der Waals surface area contributed by atoms with E-state index in [-0.39, 0.29) is 72.6 Å². The first kappa shape index (κ1) is 49.0. The number of phenols is 2. The molecule has 5 aromatic carbocycles. The number of aromatic hydroxyl groups is 2. The summed E-state index contributed by atoms with van der Waals surface area (Å²) in [5.41, 5.74) is 3.21. The van der Waals surface area contributed by atoms with Crippen LogP contribution < -0.4 is 26.8 Å². The van der Waals surface area contributed by atoms with E-state index in [2.05, 4.69) is 52.0 Å². The van der Waals surface area contributed by atoms with Crippen LogP contribution in [0.1, 0.15) is 31.8 Å². The van der Waals surface area contributed by atoms with Gasteiger partial charge in [0.2, 0.25) is 29.4 Å². The lowest BCUT2D eigenvalue weighted by atomic mass is 9.94. The molecule has 0 unspecified atom stereocenters. The molecule has 2 aliphatic rings. The third-order valence-corrected chi connectivity index (χ3v) is 14.1. The summed E-state index contributed by atoms with van der Waals surface area (Å²) in [4.78, 5) is 38.4. The van der Waals surface area contributed by atoms with Gasteiger partial charge >= 0.3 is 0 Å². The Kier molecular flexibility index (Phi) is 12.8. The number of Topliss-reactive ketones (excluding diaryl/α,β-unsaturated/α-hetero) is 2. The van der Waals surface area contributed by atoms with E-state index < -0.39 is 84.2 Å². The zero-order chi connectivity index (χ0) is 51.2. The molecule has 6 aromatic rings. The summed E-state index contributed by atoms with van der Waals surface area (Å²) in [7, 11) is -17.8. The van der Waals surface area contributed by atoms with Crippen molar-refractivity contribution in [1.29, 1.82) is 0 Å². The quantitative estimate of drug-likeness (QED) is 0.0389. The number of rotatable bonds is 14. The fourth-order valence-electron chi connectivity index (χ4n) is 6.79. The maximum absolute atomic E-state index is 13.7. The molecule has 0 saturated heterocycles. The van der Waals surface area contributed by atoms with Gasteiger partial charge < -0.3 is 26.2 Å². The molecule has 0 aliphatic heterocycles. The second-order valence-electron chi connectivity index (χ2n) is 15.3. The molecule has 0 amide bonds. The number of hydrogen-bond donors (Lipinski definition) is 9. The Balaban J connectivity index is 1.10. The highest BCUT2D eigenvalue weighted by molar-refractivity contribution is 7.92. The smallest absolute Gasteiger partial charge is 0.296 e. The Labute approximate surface area is 403 Å². The van der Waals surface area contributed by atoms with Crippen molar-refractivity contribution in [3.05, 3.63) is 135 Å². The predicted octanol–water partition coefficient (Wildman–Crippen LogP) is 5.11. The number of para-hydroxylation sites is 1. The van der Waals surface area contributed by atoms with Crippen molar-refractivity contribution in [1.82, 2.24) is 15.0 Å². The molecule has 0 bridgehead atoms. The van der Waals surface area contributed by atoms with Crippen molar-refractivity contribution >= 4 is 121 Å². The second-order valence-corrected chi connectivity index (χ2v) is 22.1. The summed E-state index contributed by atoms with van der Waals surface area (Å²) in [5, 5.41) is 37.2. The maximum Gasteiger partial charge on any atom is 0.296 e. The molecule has 364 valence electrons. The predicted molar refractivity (Wildman–Crippen MR) is 261 cm³/mol. The molecule has 9 N–H and O–H groups in total. The van der Waals surface area contributed by atoms with Crippen LogP contribution in [0.5, 0.6) is 11.5 Å². The van der Waals surface area contributed by atoms with Gasteiger partial charge in [0.15, 0.2) is 31.1 Å². The summed E-state index contributed by atoms with van der Waals surface area (Å²) < 4.78 is 119. The Bertz CT molecular complexity index is 3640. The zero-order valence-electron chi connectivity index (χ0n) is 36.2. The molecule has 0 fully saturated rings. The molecule has 1 aromatic heterocycles. The number of hydrogen-bond acceptors (Lipinski definition) is 22. The van der Waals surface area contributed by atoms with Crippen molar-refractivity contribution in [2.24, 2.45) is 10.2 Å². The summed E-state index contributed by atoms with van der Waals surface area (Å²) in [6, 6.07) is 23.2. The van der Waals surface area contributed by atoms with Crippen LogP contribution in [0.25, 0.3) is 12.2 Å². The molecule has 0 atom stereocenters. The van der Waals surface area contributed by atoms with Crippen molar-refractivity contribution in [3.8, 4) is 11.5 Å². The van der Waals surface area contributed by atoms with Gasteiger partial charge in [0.25, 0.3) is 20.2 Å². The van der Waals surface area contributed by atoms with E-state index >= 15 is 0 Å².